The van der Waals surface area contributed by atoms with Crippen LogP contribution in [0.4, 0.5) is 4.39 Å². The molecule has 2 rings (SSSR count). The van der Waals surface area contributed by atoms with E-state index in [9.17, 15) is 9.18 Å². The molecule has 1 aromatic carbocycles. The van der Waals surface area contributed by atoms with Crippen LogP contribution in [0.3, 0.4) is 0 Å². The topological polar surface area (TPSA) is 55.1 Å². The van der Waals surface area contributed by atoms with E-state index in [1.165, 1.54) is 17.8 Å². The molecular formula is C16H23FN2OS. The van der Waals surface area contributed by atoms with E-state index >= 15 is 0 Å². The molecule has 0 saturated heterocycles. The number of rotatable bonds is 6. The lowest BCUT2D eigenvalue weighted by Crippen LogP contribution is -2.58. The van der Waals surface area contributed by atoms with E-state index < -0.39 is 5.54 Å². The number of hydrogen-bond donors (Lipinski definition) is 2. The summed E-state index contributed by atoms with van der Waals surface area (Å²) in [5, 5.41) is 3.55. The van der Waals surface area contributed by atoms with Gasteiger partial charge in [-0.3, -0.25) is 4.79 Å². The zero-order valence-corrected chi connectivity index (χ0v) is 13.2. The molecule has 0 heterocycles. The molecule has 0 aliphatic heterocycles. The first-order valence-corrected chi connectivity index (χ1v) is 8.41. The zero-order chi connectivity index (χ0) is 15.3. The van der Waals surface area contributed by atoms with E-state index in [2.05, 4.69) is 12.2 Å². The Kier molecular flexibility index (Phi) is 5.65. The summed E-state index contributed by atoms with van der Waals surface area (Å²) in [6.45, 7) is 2.84. The van der Waals surface area contributed by atoms with Crippen molar-refractivity contribution in [2.75, 3.05) is 6.54 Å². The van der Waals surface area contributed by atoms with Crippen molar-refractivity contribution in [2.24, 2.45) is 5.73 Å². The maximum absolute atomic E-state index is 13.8. The van der Waals surface area contributed by atoms with Crippen LogP contribution in [0.1, 0.15) is 39.0 Å². The van der Waals surface area contributed by atoms with Crippen LogP contribution >= 0.6 is 11.8 Å². The number of nitrogens with two attached hydrogens (primary N) is 1. The second kappa shape index (κ2) is 7.27. The van der Waals surface area contributed by atoms with Crippen molar-refractivity contribution in [1.29, 1.82) is 0 Å². The summed E-state index contributed by atoms with van der Waals surface area (Å²) < 4.78 is 13.8. The summed E-state index contributed by atoms with van der Waals surface area (Å²) in [5.74, 6) is -0.478. The van der Waals surface area contributed by atoms with Gasteiger partial charge in [0, 0.05) is 10.1 Å². The molecule has 1 fully saturated rings. The number of amides is 1. The van der Waals surface area contributed by atoms with Crippen LogP contribution in [0.25, 0.3) is 0 Å². The largest absolute Gasteiger partial charge is 0.368 e. The van der Waals surface area contributed by atoms with Crippen molar-refractivity contribution in [3.63, 3.8) is 0 Å². The average molecular weight is 310 g/mol. The maximum Gasteiger partial charge on any atom is 0.237 e. The van der Waals surface area contributed by atoms with Gasteiger partial charge in [-0.25, -0.2) is 4.39 Å². The molecule has 2 atom stereocenters. The number of carbonyl (C=O) groups excluding carboxylic acids is 1. The van der Waals surface area contributed by atoms with Crippen LogP contribution in [-0.2, 0) is 4.79 Å². The monoisotopic (exact) mass is 310 g/mol. The molecule has 0 radical (unpaired) electrons. The maximum atomic E-state index is 13.8. The van der Waals surface area contributed by atoms with Gasteiger partial charge in [-0.05, 0) is 50.8 Å². The normalized spacial score (nSPS) is 25.7. The number of nitrogens with one attached hydrogen (secondary N) is 1. The lowest BCUT2D eigenvalue weighted by molar-refractivity contribution is -0.125. The lowest BCUT2D eigenvalue weighted by atomic mass is 9.80. The van der Waals surface area contributed by atoms with Gasteiger partial charge in [-0.1, -0.05) is 19.1 Å². The number of carbonyl (C=O) groups is 1. The molecule has 2 unspecified atom stereocenters. The van der Waals surface area contributed by atoms with Crippen LogP contribution in [0.2, 0.25) is 0 Å². The number of hydrogen-bond acceptors (Lipinski definition) is 3. The Balaban J connectivity index is 2.08. The van der Waals surface area contributed by atoms with Crippen LogP contribution in [0, 0.1) is 5.82 Å². The smallest absolute Gasteiger partial charge is 0.237 e. The van der Waals surface area contributed by atoms with Gasteiger partial charge in [-0.2, -0.15) is 0 Å². The Hall–Kier alpha value is -1.07. The summed E-state index contributed by atoms with van der Waals surface area (Å²) in [6.07, 6.45) is 4.33. The highest BCUT2D eigenvalue weighted by molar-refractivity contribution is 8.00. The van der Waals surface area contributed by atoms with Gasteiger partial charge in [0.05, 0.1) is 5.54 Å². The van der Waals surface area contributed by atoms with Crippen LogP contribution < -0.4 is 11.1 Å². The molecule has 0 aromatic heterocycles. The van der Waals surface area contributed by atoms with Crippen molar-refractivity contribution in [3.8, 4) is 0 Å². The Labute approximate surface area is 129 Å². The predicted molar refractivity (Wildman–Crippen MR) is 84.7 cm³/mol. The third-order valence-electron chi connectivity index (χ3n) is 4.02. The first-order valence-electron chi connectivity index (χ1n) is 7.53. The van der Waals surface area contributed by atoms with Gasteiger partial charge < -0.3 is 11.1 Å². The van der Waals surface area contributed by atoms with E-state index in [4.69, 9.17) is 5.73 Å². The fourth-order valence-corrected chi connectivity index (χ4v) is 4.23. The molecule has 5 heteroatoms. The number of benzene rings is 1. The Morgan fingerprint density at radius 3 is 2.95 bits per heavy atom. The minimum Gasteiger partial charge on any atom is -0.368 e. The minimum atomic E-state index is -0.628. The number of halogens is 1. The molecule has 0 bridgehead atoms. The van der Waals surface area contributed by atoms with E-state index in [-0.39, 0.29) is 17.0 Å². The highest BCUT2D eigenvalue weighted by Crippen LogP contribution is 2.39. The van der Waals surface area contributed by atoms with Gasteiger partial charge in [0.2, 0.25) is 5.91 Å². The fraction of sp³-hybridized carbons (Fsp3) is 0.562. The molecule has 1 aromatic rings. The van der Waals surface area contributed by atoms with E-state index in [1.54, 1.807) is 12.1 Å². The highest BCUT2D eigenvalue weighted by Gasteiger charge is 2.41. The molecule has 1 amide bonds. The summed E-state index contributed by atoms with van der Waals surface area (Å²) in [6, 6.07) is 6.80. The minimum absolute atomic E-state index is 0.195. The molecule has 3 N–H and O–H groups in total. The van der Waals surface area contributed by atoms with Gasteiger partial charge in [0.15, 0.2) is 0 Å². The van der Waals surface area contributed by atoms with Crippen LogP contribution in [0.15, 0.2) is 29.2 Å². The van der Waals surface area contributed by atoms with Gasteiger partial charge in [0.25, 0.3) is 0 Å². The summed E-state index contributed by atoms with van der Waals surface area (Å²) in [5.41, 5.74) is 5.02. The predicted octanol–water partition coefficient (Wildman–Crippen LogP) is 3.08. The lowest BCUT2D eigenvalue weighted by Gasteiger charge is -2.39. The van der Waals surface area contributed by atoms with Gasteiger partial charge >= 0.3 is 0 Å². The second-order valence-corrected chi connectivity index (χ2v) is 6.98. The highest BCUT2D eigenvalue weighted by atomic mass is 32.2. The number of thioether (sulfide) groups is 1. The third-order valence-corrected chi connectivity index (χ3v) is 5.34. The van der Waals surface area contributed by atoms with Crippen molar-refractivity contribution in [3.05, 3.63) is 30.1 Å². The molecule has 116 valence electrons. The van der Waals surface area contributed by atoms with Crippen LogP contribution in [0.5, 0.6) is 0 Å². The van der Waals surface area contributed by atoms with E-state index in [0.29, 0.717) is 11.3 Å². The first-order chi connectivity index (χ1) is 10.1. The molecular weight excluding hydrogens is 287 g/mol. The zero-order valence-electron chi connectivity index (χ0n) is 12.4. The molecule has 1 aliphatic carbocycles. The van der Waals surface area contributed by atoms with Crippen molar-refractivity contribution >= 4 is 17.7 Å². The summed E-state index contributed by atoms with van der Waals surface area (Å²) in [7, 11) is 0. The fourth-order valence-electron chi connectivity index (χ4n) is 2.88. The standard InChI is InChI=1S/C16H23FN2OS/c1-2-10-19-16(15(18)20)9-5-6-12(11-16)21-14-8-4-3-7-13(14)17/h3-4,7-8,12,19H,2,5-6,9-11H2,1H3,(H2,18,20). The SMILES string of the molecule is CCCNC1(C(N)=O)CCCC(Sc2ccccc2F)C1. The summed E-state index contributed by atoms with van der Waals surface area (Å²) in [4.78, 5) is 12.6. The first kappa shape index (κ1) is 16.3. The average Bonchev–Trinajstić information content (AvgIpc) is 2.48. The van der Waals surface area contributed by atoms with Crippen LogP contribution in [-0.4, -0.2) is 23.2 Å². The van der Waals surface area contributed by atoms with Gasteiger partial charge in [-0.15, -0.1) is 11.8 Å². The summed E-state index contributed by atoms with van der Waals surface area (Å²) >= 11 is 1.52. The molecule has 0 spiro atoms. The molecule has 1 saturated carbocycles. The van der Waals surface area contributed by atoms with E-state index in [1.807, 2.05) is 6.07 Å². The number of primary amides is 1. The Morgan fingerprint density at radius 1 is 1.52 bits per heavy atom. The van der Waals surface area contributed by atoms with Gasteiger partial charge in [0.1, 0.15) is 5.82 Å². The molecule has 3 nitrogen and oxygen atoms in total. The van der Waals surface area contributed by atoms with Crippen molar-refractivity contribution in [2.45, 2.75) is 54.7 Å². The third kappa shape index (κ3) is 3.98. The quantitative estimate of drug-likeness (QED) is 0.849. The molecule has 1 aliphatic rings. The Bertz CT molecular complexity index is 497. The van der Waals surface area contributed by atoms with Crippen molar-refractivity contribution < 1.29 is 9.18 Å². The van der Waals surface area contributed by atoms with E-state index in [0.717, 1.165) is 32.2 Å². The Morgan fingerprint density at radius 2 is 2.29 bits per heavy atom. The van der Waals surface area contributed by atoms with Crippen molar-refractivity contribution in [1.82, 2.24) is 5.32 Å². The second-order valence-electron chi connectivity index (χ2n) is 5.64. The molecule has 21 heavy (non-hydrogen) atoms.